The lowest BCUT2D eigenvalue weighted by Crippen LogP contribution is -2.55. The fraction of sp³-hybridized carbons (Fsp3) is 0.750. The average molecular weight is 189 g/mol. The van der Waals surface area contributed by atoms with Crippen LogP contribution in [0.15, 0.2) is 0 Å². The Kier molecular flexibility index (Phi) is 4.03. The molecule has 0 spiro atoms. The second-order valence-electron chi connectivity index (χ2n) is 3.14. The van der Waals surface area contributed by atoms with Crippen molar-refractivity contribution in [2.75, 3.05) is 0 Å². The highest BCUT2D eigenvalue weighted by atomic mass is 16.4. The molecule has 0 aromatic heterocycles. The number of ketones is 1. The predicted octanol–water partition coefficient (Wildman–Crippen LogP) is -0.481. The molecule has 0 bridgehead atoms. The normalized spacial score (nSPS) is 17.5. The number of carbonyl (C=O) groups is 2. The third kappa shape index (κ3) is 2.78. The summed E-state index contributed by atoms with van der Waals surface area (Å²) in [6.07, 6.45) is 0.690. The van der Waals surface area contributed by atoms with Crippen LogP contribution in [0, 0.1) is 0 Å². The molecule has 0 saturated carbocycles. The number of carbonyl (C=O) groups excluding carboxylic acids is 1. The molecular weight excluding hydrogens is 174 g/mol. The molecule has 0 aliphatic rings. The second-order valence-corrected chi connectivity index (χ2v) is 3.14. The molecule has 76 valence electrons. The molecule has 0 aromatic carbocycles. The van der Waals surface area contributed by atoms with Crippen LogP contribution in [0.4, 0.5) is 0 Å². The Hall–Kier alpha value is -0.940. The molecule has 0 aromatic rings. The van der Waals surface area contributed by atoms with Gasteiger partial charge in [-0.05, 0) is 13.3 Å². The highest BCUT2D eigenvalue weighted by Crippen LogP contribution is 2.13. The van der Waals surface area contributed by atoms with E-state index >= 15 is 0 Å². The van der Waals surface area contributed by atoms with Gasteiger partial charge in [-0.3, -0.25) is 9.59 Å². The van der Waals surface area contributed by atoms with Gasteiger partial charge in [0.2, 0.25) is 0 Å². The van der Waals surface area contributed by atoms with E-state index in [1.165, 1.54) is 0 Å². The minimum Gasteiger partial charge on any atom is -0.480 e. The Morgan fingerprint density at radius 2 is 2.00 bits per heavy atom. The maximum Gasteiger partial charge on any atom is 0.323 e. The smallest absolute Gasteiger partial charge is 0.323 e. The van der Waals surface area contributed by atoms with E-state index in [0.29, 0.717) is 6.42 Å². The lowest BCUT2D eigenvalue weighted by molar-refractivity contribution is -0.152. The predicted molar refractivity (Wildman–Crippen MR) is 46.2 cm³/mol. The van der Waals surface area contributed by atoms with Gasteiger partial charge in [0.1, 0.15) is 11.6 Å². The van der Waals surface area contributed by atoms with Crippen molar-refractivity contribution in [1.29, 1.82) is 0 Å². The van der Waals surface area contributed by atoms with E-state index in [1.807, 2.05) is 0 Å². The van der Waals surface area contributed by atoms with Crippen LogP contribution in [0.1, 0.15) is 26.7 Å². The Balaban J connectivity index is 4.54. The van der Waals surface area contributed by atoms with Crippen LogP contribution in [-0.4, -0.2) is 33.6 Å². The largest absolute Gasteiger partial charge is 0.480 e. The standard InChI is InChI=1S/C8H15NO4/c1-3-4-5(10)8(2,13)6(9)7(11)12/h6,13H,3-4,9H2,1-2H3,(H,11,12). The molecule has 0 aliphatic carbocycles. The van der Waals surface area contributed by atoms with Gasteiger partial charge in [0.05, 0.1) is 0 Å². The lowest BCUT2D eigenvalue weighted by Gasteiger charge is -2.25. The number of rotatable bonds is 5. The van der Waals surface area contributed by atoms with E-state index in [-0.39, 0.29) is 6.42 Å². The zero-order valence-electron chi connectivity index (χ0n) is 7.78. The second kappa shape index (κ2) is 4.34. The van der Waals surface area contributed by atoms with E-state index < -0.39 is 23.4 Å². The summed E-state index contributed by atoms with van der Waals surface area (Å²) in [6.45, 7) is 2.89. The molecule has 0 radical (unpaired) electrons. The zero-order valence-corrected chi connectivity index (χ0v) is 7.78. The maximum atomic E-state index is 11.2. The van der Waals surface area contributed by atoms with Crippen molar-refractivity contribution in [3.8, 4) is 0 Å². The fourth-order valence-corrected chi connectivity index (χ4v) is 0.894. The van der Waals surface area contributed by atoms with Gasteiger partial charge in [0.15, 0.2) is 5.78 Å². The number of nitrogens with two attached hydrogens (primary N) is 1. The van der Waals surface area contributed by atoms with E-state index in [2.05, 4.69) is 0 Å². The minimum atomic E-state index is -1.97. The van der Waals surface area contributed by atoms with Gasteiger partial charge in [-0.2, -0.15) is 0 Å². The van der Waals surface area contributed by atoms with Crippen LogP contribution < -0.4 is 5.73 Å². The first-order valence-corrected chi connectivity index (χ1v) is 4.08. The summed E-state index contributed by atoms with van der Waals surface area (Å²) in [4.78, 5) is 21.6. The molecule has 13 heavy (non-hydrogen) atoms. The Labute approximate surface area is 76.5 Å². The summed E-state index contributed by atoms with van der Waals surface area (Å²) < 4.78 is 0. The number of carboxylic acids is 1. The van der Waals surface area contributed by atoms with Crippen molar-refractivity contribution in [2.24, 2.45) is 5.73 Å². The first-order chi connectivity index (χ1) is 5.84. The molecule has 5 nitrogen and oxygen atoms in total. The highest BCUT2D eigenvalue weighted by molar-refractivity contribution is 5.93. The summed E-state index contributed by atoms with van der Waals surface area (Å²) in [7, 11) is 0. The van der Waals surface area contributed by atoms with E-state index in [9.17, 15) is 14.7 Å². The number of hydrogen-bond donors (Lipinski definition) is 3. The molecule has 0 rings (SSSR count). The van der Waals surface area contributed by atoms with Crippen LogP contribution in [0.2, 0.25) is 0 Å². The van der Waals surface area contributed by atoms with Crippen molar-refractivity contribution >= 4 is 11.8 Å². The third-order valence-electron chi connectivity index (χ3n) is 1.91. The molecule has 4 N–H and O–H groups in total. The number of Topliss-reactive ketones (excluding diaryl/α,β-unsaturated/α-hetero) is 1. The van der Waals surface area contributed by atoms with Crippen molar-refractivity contribution in [1.82, 2.24) is 0 Å². The van der Waals surface area contributed by atoms with E-state index in [4.69, 9.17) is 10.8 Å². The van der Waals surface area contributed by atoms with Crippen LogP contribution >= 0.6 is 0 Å². The number of aliphatic carboxylic acids is 1. The molecule has 2 atom stereocenters. The van der Waals surface area contributed by atoms with Gasteiger partial charge >= 0.3 is 5.97 Å². The summed E-state index contributed by atoms with van der Waals surface area (Å²) in [6, 6.07) is -1.56. The average Bonchev–Trinajstić information content (AvgIpc) is 2.03. The SMILES string of the molecule is CCCC(=O)C(C)(O)C(N)C(=O)O. The van der Waals surface area contributed by atoms with Crippen molar-refractivity contribution < 1.29 is 19.8 Å². The van der Waals surface area contributed by atoms with Crippen molar-refractivity contribution in [2.45, 2.75) is 38.3 Å². The molecule has 2 unspecified atom stereocenters. The van der Waals surface area contributed by atoms with Gasteiger partial charge in [-0.1, -0.05) is 6.92 Å². The number of hydrogen-bond acceptors (Lipinski definition) is 4. The minimum absolute atomic E-state index is 0.133. The third-order valence-corrected chi connectivity index (χ3v) is 1.91. The first kappa shape index (κ1) is 12.1. The summed E-state index contributed by atoms with van der Waals surface area (Å²) in [5.41, 5.74) is 3.18. The number of aliphatic hydroxyl groups is 1. The molecule has 0 heterocycles. The Bertz CT molecular complexity index is 212. The molecule has 0 amide bonds. The first-order valence-electron chi connectivity index (χ1n) is 4.08. The van der Waals surface area contributed by atoms with Gasteiger partial charge < -0.3 is 15.9 Å². The maximum absolute atomic E-state index is 11.2. The Morgan fingerprint density at radius 1 is 1.54 bits per heavy atom. The summed E-state index contributed by atoms with van der Waals surface area (Å²) in [5, 5.41) is 18.0. The number of carboxylic acid groups (broad SMARTS) is 1. The Morgan fingerprint density at radius 3 is 2.31 bits per heavy atom. The zero-order chi connectivity index (χ0) is 10.6. The van der Waals surface area contributed by atoms with Crippen molar-refractivity contribution in [3.63, 3.8) is 0 Å². The topological polar surface area (TPSA) is 101 Å². The molecule has 5 heteroatoms. The van der Waals surface area contributed by atoms with Gasteiger partial charge in [0.25, 0.3) is 0 Å². The van der Waals surface area contributed by atoms with Gasteiger partial charge in [-0.25, -0.2) is 0 Å². The molecule has 0 aliphatic heterocycles. The lowest BCUT2D eigenvalue weighted by atomic mass is 9.90. The van der Waals surface area contributed by atoms with Gasteiger partial charge in [-0.15, -0.1) is 0 Å². The van der Waals surface area contributed by atoms with Crippen molar-refractivity contribution in [3.05, 3.63) is 0 Å². The molecule has 0 fully saturated rings. The van der Waals surface area contributed by atoms with E-state index in [1.54, 1.807) is 6.92 Å². The molecule has 0 saturated heterocycles. The fourth-order valence-electron chi connectivity index (χ4n) is 0.894. The highest BCUT2D eigenvalue weighted by Gasteiger charge is 2.40. The van der Waals surface area contributed by atoms with Gasteiger partial charge in [0, 0.05) is 6.42 Å². The van der Waals surface area contributed by atoms with E-state index in [0.717, 1.165) is 6.92 Å². The van der Waals surface area contributed by atoms with Crippen LogP contribution in [-0.2, 0) is 9.59 Å². The summed E-state index contributed by atoms with van der Waals surface area (Å²) in [5.74, 6) is -1.92. The summed E-state index contributed by atoms with van der Waals surface area (Å²) >= 11 is 0. The monoisotopic (exact) mass is 189 g/mol. The molecular formula is C8H15NO4. The quantitative estimate of drug-likeness (QED) is 0.542. The van der Waals surface area contributed by atoms with Crippen LogP contribution in [0.5, 0.6) is 0 Å². The van der Waals surface area contributed by atoms with Crippen LogP contribution in [0.25, 0.3) is 0 Å². The van der Waals surface area contributed by atoms with Crippen LogP contribution in [0.3, 0.4) is 0 Å².